The van der Waals surface area contributed by atoms with Gasteiger partial charge in [0.2, 0.25) is 5.91 Å². The molecule has 0 heterocycles. The van der Waals surface area contributed by atoms with Crippen LogP contribution in [0.1, 0.15) is 380 Å². The van der Waals surface area contributed by atoms with E-state index in [1.54, 1.807) is 6.08 Å². The van der Waals surface area contributed by atoms with E-state index in [9.17, 15) is 19.4 Å². The lowest BCUT2D eigenvalue weighted by Crippen LogP contribution is -2.45. The minimum Gasteiger partial charge on any atom is -0.756 e. The number of hydrogen-bond donors (Lipinski definition) is 2. The smallest absolute Gasteiger partial charge is 0.268 e. The molecule has 0 aliphatic heterocycles. The van der Waals surface area contributed by atoms with E-state index in [2.05, 4.69) is 19.2 Å². The van der Waals surface area contributed by atoms with Crippen molar-refractivity contribution >= 4 is 13.7 Å². The van der Waals surface area contributed by atoms with Crippen LogP contribution < -0.4 is 10.2 Å². The number of aliphatic hydroxyl groups is 1. The van der Waals surface area contributed by atoms with Gasteiger partial charge in [0.15, 0.2) is 0 Å². The van der Waals surface area contributed by atoms with Gasteiger partial charge >= 0.3 is 0 Å². The Morgan fingerprint density at radius 2 is 0.684 bits per heavy atom. The molecule has 0 spiro atoms. The number of amides is 1. The summed E-state index contributed by atoms with van der Waals surface area (Å²) in [5, 5.41) is 14.0. The van der Waals surface area contributed by atoms with Crippen molar-refractivity contribution in [3.05, 3.63) is 12.2 Å². The third-order valence-electron chi connectivity index (χ3n) is 16.7. The van der Waals surface area contributed by atoms with E-state index in [4.69, 9.17) is 9.05 Å². The van der Waals surface area contributed by atoms with E-state index >= 15 is 0 Å². The second-order valence-corrected chi connectivity index (χ2v) is 27.4. The molecule has 0 aromatic carbocycles. The standard InChI is InChI=1S/C70H141N2O6P/c1-6-8-10-12-14-16-18-20-22-24-26-28-30-31-32-33-34-35-36-37-38-39-40-42-44-46-48-50-52-54-56-58-60-62-64-70(74)71-68(67-78-79(75,76)77-66-65-72(3,4)5)69(73)63-61-59-57-55-53-51-49-47-45-43-41-29-27-25-23-21-19-17-15-13-11-9-7-2/h61,63,68-69,73H,6-60,62,64-67H2,1-5H3,(H-,71,74,75,76)/b63-61+. The first-order chi connectivity index (χ1) is 38.5. The first-order valence-electron chi connectivity index (χ1n) is 35.6. The first kappa shape index (κ1) is 78.2. The van der Waals surface area contributed by atoms with Crippen LogP contribution in [0.15, 0.2) is 12.2 Å². The van der Waals surface area contributed by atoms with Crippen LogP contribution in [-0.4, -0.2) is 68.5 Å². The second kappa shape index (κ2) is 61.8. The lowest BCUT2D eigenvalue weighted by Gasteiger charge is -2.29. The van der Waals surface area contributed by atoms with Gasteiger partial charge in [-0.05, 0) is 19.3 Å². The van der Waals surface area contributed by atoms with Gasteiger partial charge in [-0.3, -0.25) is 9.36 Å². The highest BCUT2D eigenvalue weighted by Crippen LogP contribution is 2.38. The van der Waals surface area contributed by atoms with E-state index in [0.29, 0.717) is 17.4 Å². The highest BCUT2D eigenvalue weighted by Gasteiger charge is 2.23. The Morgan fingerprint density at radius 1 is 0.430 bits per heavy atom. The number of allylic oxidation sites excluding steroid dienone is 1. The van der Waals surface area contributed by atoms with E-state index in [1.807, 2.05) is 27.2 Å². The maximum Gasteiger partial charge on any atom is 0.268 e. The summed E-state index contributed by atoms with van der Waals surface area (Å²) in [4.78, 5) is 25.6. The topological polar surface area (TPSA) is 108 Å². The number of phosphoric ester groups is 1. The van der Waals surface area contributed by atoms with E-state index in [0.717, 1.165) is 38.5 Å². The summed E-state index contributed by atoms with van der Waals surface area (Å²) in [5.74, 6) is -0.187. The molecule has 0 aliphatic rings. The van der Waals surface area contributed by atoms with Crippen LogP contribution in [0.5, 0.6) is 0 Å². The number of quaternary nitrogens is 1. The molecule has 0 radical (unpaired) electrons. The lowest BCUT2D eigenvalue weighted by atomic mass is 10.0. The largest absolute Gasteiger partial charge is 0.756 e. The van der Waals surface area contributed by atoms with Gasteiger partial charge in [0, 0.05) is 6.42 Å². The molecule has 3 unspecified atom stereocenters. The fraction of sp³-hybridized carbons (Fsp3) is 0.957. The summed E-state index contributed by atoms with van der Waals surface area (Å²) in [6.07, 6.45) is 79.2. The Kier molecular flexibility index (Phi) is 61.2. The maximum atomic E-state index is 13.0. The molecule has 9 heteroatoms. The summed E-state index contributed by atoms with van der Waals surface area (Å²) >= 11 is 0. The van der Waals surface area contributed by atoms with Gasteiger partial charge in [-0.1, -0.05) is 366 Å². The van der Waals surface area contributed by atoms with Crippen LogP contribution in [0.4, 0.5) is 0 Å². The summed E-state index contributed by atoms with van der Waals surface area (Å²) in [6.45, 7) is 4.72. The highest BCUT2D eigenvalue weighted by molar-refractivity contribution is 7.45. The Labute approximate surface area is 494 Å². The first-order valence-corrected chi connectivity index (χ1v) is 37.0. The Hall–Kier alpha value is -0.760. The van der Waals surface area contributed by atoms with Gasteiger partial charge in [-0.15, -0.1) is 0 Å². The average molecular weight is 1140 g/mol. The normalized spacial score (nSPS) is 13.7. The fourth-order valence-electron chi connectivity index (χ4n) is 11.2. The van der Waals surface area contributed by atoms with Crippen molar-refractivity contribution in [2.75, 3.05) is 40.9 Å². The molecule has 0 aromatic heterocycles. The molecule has 0 rings (SSSR count). The number of likely N-dealkylation sites (N-methyl/N-ethyl adjacent to an activating group) is 1. The predicted octanol–water partition coefficient (Wildman–Crippen LogP) is 21.9. The summed E-state index contributed by atoms with van der Waals surface area (Å²) < 4.78 is 23.5. The molecule has 3 atom stereocenters. The number of unbranched alkanes of at least 4 members (excludes halogenated alkanes) is 54. The van der Waals surface area contributed by atoms with E-state index in [-0.39, 0.29) is 19.1 Å². The molecular formula is C70H141N2O6P. The van der Waals surface area contributed by atoms with Crippen molar-refractivity contribution in [3.63, 3.8) is 0 Å². The molecular weight excluding hydrogens is 996 g/mol. The van der Waals surface area contributed by atoms with Gasteiger partial charge in [-0.2, -0.15) is 0 Å². The van der Waals surface area contributed by atoms with Crippen molar-refractivity contribution in [3.8, 4) is 0 Å². The Bertz CT molecular complexity index is 1290. The average Bonchev–Trinajstić information content (AvgIpc) is 3.42. The zero-order valence-corrected chi connectivity index (χ0v) is 55.0. The summed E-state index contributed by atoms with van der Waals surface area (Å²) in [7, 11) is 1.28. The van der Waals surface area contributed by atoms with Gasteiger partial charge in [0.1, 0.15) is 13.2 Å². The number of nitrogens with zero attached hydrogens (tertiary/aromatic N) is 1. The van der Waals surface area contributed by atoms with Crippen molar-refractivity contribution in [2.24, 2.45) is 0 Å². The zero-order chi connectivity index (χ0) is 57.7. The monoisotopic (exact) mass is 1140 g/mol. The molecule has 0 aromatic rings. The van der Waals surface area contributed by atoms with Crippen LogP contribution in [-0.2, 0) is 18.4 Å². The Balaban J connectivity index is 3.98. The van der Waals surface area contributed by atoms with Gasteiger partial charge in [-0.25, -0.2) is 0 Å². The molecule has 472 valence electrons. The minimum absolute atomic E-state index is 0.00298. The highest BCUT2D eigenvalue weighted by atomic mass is 31.2. The molecule has 2 N–H and O–H groups in total. The molecule has 0 fully saturated rings. The molecule has 0 saturated carbocycles. The van der Waals surface area contributed by atoms with Gasteiger partial charge in [0.05, 0.1) is 39.9 Å². The van der Waals surface area contributed by atoms with Crippen LogP contribution in [0.25, 0.3) is 0 Å². The molecule has 79 heavy (non-hydrogen) atoms. The predicted molar refractivity (Wildman–Crippen MR) is 344 cm³/mol. The summed E-state index contributed by atoms with van der Waals surface area (Å²) in [6, 6.07) is -0.883. The van der Waals surface area contributed by atoms with Crippen LogP contribution in [0.3, 0.4) is 0 Å². The minimum atomic E-state index is -4.60. The number of nitrogens with one attached hydrogen (secondary N) is 1. The van der Waals surface area contributed by atoms with E-state index in [1.165, 1.54) is 321 Å². The molecule has 0 saturated heterocycles. The summed E-state index contributed by atoms with van der Waals surface area (Å²) in [5.41, 5.74) is 0. The molecule has 0 bridgehead atoms. The quantitative estimate of drug-likeness (QED) is 0.0272. The van der Waals surface area contributed by atoms with Crippen LogP contribution in [0, 0.1) is 0 Å². The SMILES string of the molecule is CCCCCCCCCCCCCCCCCCCCCCC/C=C/C(O)C(COP(=O)([O-])OCC[N+](C)(C)C)NC(=O)CCCCCCCCCCCCCCCCCCCCCCCCCCCCCCCCCCCC. The number of phosphoric acid groups is 1. The van der Waals surface area contributed by atoms with Crippen molar-refractivity contribution in [1.82, 2.24) is 5.32 Å². The fourth-order valence-corrected chi connectivity index (χ4v) is 11.9. The number of aliphatic hydroxyl groups excluding tert-OH is 1. The lowest BCUT2D eigenvalue weighted by molar-refractivity contribution is -0.870. The van der Waals surface area contributed by atoms with Crippen molar-refractivity contribution in [2.45, 2.75) is 392 Å². The second-order valence-electron chi connectivity index (χ2n) is 26.0. The third kappa shape index (κ3) is 64.7. The molecule has 1 amide bonds. The van der Waals surface area contributed by atoms with Crippen LogP contribution in [0.2, 0.25) is 0 Å². The van der Waals surface area contributed by atoms with Crippen LogP contribution >= 0.6 is 7.82 Å². The Morgan fingerprint density at radius 3 is 0.949 bits per heavy atom. The number of carbonyl (C=O) groups is 1. The zero-order valence-electron chi connectivity index (χ0n) is 54.1. The van der Waals surface area contributed by atoms with Gasteiger partial charge < -0.3 is 28.8 Å². The molecule has 8 nitrogen and oxygen atoms in total. The van der Waals surface area contributed by atoms with E-state index < -0.39 is 20.0 Å². The number of hydrogen-bond acceptors (Lipinski definition) is 6. The van der Waals surface area contributed by atoms with Gasteiger partial charge in [0.25, 0.3) is 7.82 Å². The van der Waals surface area contributed by atoms with Crippen molar-refractivity contribution < 1.29 is 32.9 Å². The van der Waals surface area contributed by atoms with Crippen molar-refractivity contribution in [1.29, 1.82) is 0 Å². The number of carbonyl (C=O) groups excluding carboxylic acids is 1. The maximum absolute atomic E-state index is 13.0. The third-order valence-corrected chi connectivity index (χ3v) is 17.7. The molecule has 0 aliphatic carbocycles. The number of rotatable bonds is 67.